The largest absolute Gasteiger partial charge is 0.496 e. The lowest BCUT2D eigenvalue weighted by Crippen LogP contribution is -2.53. The minimum Gasteiger partial charge on any atom is -0.496 e. The van der Waals surface area contributed by atoms with Gasteiger partial charge in [0.15, 0.2) is 0 Å². The van der Waals surface area contributed by atoms with Crippen LogP contribution in [0.5, 0.6) is 5.75 Å². The number of rotatable bonds is 7. The van der Waals surface area contributed by atoms with E-state index in [9.17, 15) is 19.2 Å². The minimum atomic E-state index is -1.02. The van der Waals surface area contributed by atoms with Gasteiger partial charge in [-0.05, 0) is 69.6 Å². The lowest BCUT2D eigenvalue weighted by Gasteiger charge is -2.32. The maximum absolute atomic E-state index is 14.0. The highest BCUT2D eigenvalue weighted by atomic mass is 35.5. The summed E-state index contributed by atoms with van der Waals surface area (Å²) in [4.78, 5) is 57.4. The van der Waals surface area contributed by atoms with Gasteiger partial charge in [-0.3, -0.25) is 19.2 Å². The summed E-state index contributed by atoms with van der Waals surface area (Å²) in [5.74, 6) is -1.46. The summed E-state index contributed by atoms with van der Waals surface area (Å²) in [6.07, 6.45) is 6.26. The summed E-state index contributed by atoms with van der Waals surface area (Å²) in [6.45, 7) is 4.28. The van der Waals surface area contributed by atoms with Crippen LogP contribution in [0.3, 0.4) is 0 Å². The smallest absolute Gasteiger partial charge is 0.271 e. The molecule has 2 aromatic rings. The van der Waals surface area contributed by atoms with Crippen molar-refractivity contribution in [1.82, 2.24) is 20.5 Å². The third-order valence-electron chi connectivity index (χ3n) is 8.91. The number of H-pyrrole nitrogens is 1. The van der Waals surface area contributed by atoms with Crippen molar-refractivity contribution in [3.05, 3.63) is 28.9 Å². The van der Waals surface area contributed by atoms with Gasteiger partial charge in [0.1, 0.15) is 23.5 Å². The predicted molar refractivity (Wildman–Crippen MR) is 151 cm³/mol. The number of hydrogen-bond acceptors (Lipinski definition) is 5. The summed E-state index contributed by atoms with van der Waals surface area (Å²) in [5.41, 5.74) is 6.04. The van der Waals surface area contributed by atoms with Crippen molar-refractivity contribution < 1.29 is 23.9 Å². The van der Waals surface area contributed by atoms with E-state index in [1.807, 2.05) is 13.8 Å². The van der Waals surface area contributed by atoms with Crippen LogP contribution in [-0.4, -0.2) is 64.8 Å². The number of likely N-dealkylation sites (tertiary alicyclic amines) is 1. The van der Waals surface area contributed by atoms with Crippen LogP contribution in [0, 0.1) is 11.3 Å². The van der Waals surface area contributed by atoms with E-state index >= 15 is 0 Å². The molecule has 1 saturated carbocycles. The summed E-state index contributed by atoms with van der Waals surface area (Å²) in [6, 6.07) is 3.35. The number of nitrogens with zero attached hydrogens (tertiary/aromatic N) is 1. The fourth-order valence-electron chi connectivity index (χ4n) is 6.96. The Balaban J connectivity index is 1.41. The zero-order valence-corrected chi connectivity index (χ0v) is 24.0. The molecule has 5 rings (SSSR count). The molecule has 0 unspecified atom stereocenters. The molecule has 1 aromatic carbocycles. The topological polar surface area (TPSA) is 147 Å². The van der Waals surface area contributed by atoms with E-state index in [1.165, 1.54) is 0 Å². The van der Waals surface area contributed by atoms with Crippen molar-refractivity contribution in [2.45, 2.75) is 82.8 Å². The molecule has 5 N–H and O–H groups in total. The van der Waals surface area contributed by atoms with Crippen LogP contribution in [0.25, 0.3) is 10.9 Å². The van der Waals surface area contributed by atoms with Crippen molar-refractivity contribution >= 4 is 46.1 Å². The Morgan fingerprint density at radius 1 is 1.20 bits per heavy atom. The van der Waals surface area contributed by atoms with Gasteiger partial charge >= 0.3 is 0 Å². The number of carbonyl (C=O) groups excluding carboxylic acids is 4. The summed E-state index contributed by atoms with van der Waals surface area (Å²) < 4.78 is 5.45. The lowest BCUT2D eigenvalue weighted by atomic mass is 9.72. The second-order valence-corrected chi connectivity index (χ2v) is 12.8. The Hall–Kier alpha value is -3.27. The Labute approximate surface area is 238 Å². The van der Waals surface area contributed by atoms with Crippen molar-refractivity contribution in [3.8, 4) is 5.75 Å². The number of carbonyl (C=O) groups is 4. The van der Waals surface area contributed by atoms with E-state index < -0.39 is 29.8 Å². The monoisotopic (exact) mass is 571 g/mol. The molecule has 1 aliphatic carbocycles. The third kappa shape index (κ3) is 5.38. The first kappa shape index (κ1) is 28.3. The highest BCUT2D eigenvalue weighted by molar-refractivity contribution is 6.35. The van der Waals surface area contributed by atoms with Crippen LogP contribution in [0.15, 0.2) is 18.2 Å². The number of methoxy groups -OCH3 is 1. The van der Waals surface area contributed by atoms with Crippen LogP contribution in [0.2, 0.25) is 5.02 Å². The van der Waals surface area contributed by atoms with Crippen molar-refractivity contribution in [2.24, 2.45) is 17.1 Å². The molecule has 3 fully saturated rings. The number of fused-ring (bicyclic) bond motifs is 1. The molecule has 40 heavy (non-hydrogen) atoms. The second kappa shape index (κ2) is 10.6. The van der Waals surface area contributed by atoms with Crippen molar-refractivity contribution in [2.75, 3.05) is 13.7 Å². The van der Waals surface area contributed by atoms with Crippen LogP contribution in [0.1, 0.15) is 75.7 Å². The molecule has 2 saturated heterocycles. The Morgan fingerprint density at radius 3 is 2.55 bits per heavy atom. The lowest BCUT2D eigenvalue weighted by molar-refractivity contribution is -0.131. The van der Waals surface area contributed by atoms with E-state index in [4.69, 9.17) is 22.1 Å². The van der Waals surface area contributed by atoms with Gasteiger partial charge in [0.05, 0.1) is 17.6 Å². The minimum absolute atomic E-state index is 0.114. The van der Waals surface area contributed by atoms with Gasteiger partial charge in [0.2, 0.25) is 17.7 Å². The molecule has 3 aliphatic rings. The summed E-state index contributed by atoms with van der Waals surface area (Å²) in [7, 11) is 1.55. The van der Waals surface area contributed by atoms with E-state index in [0.29, 0.717) is 46.8 Å². The molecule has 3 atom stereocenters. The van der Waals surface area contributed by atoms with Gasteiger partial charge < -0.3 is 31.0 Å². The number of ether oxygens (including phenoxy) is 1. The van der Waals surface area contributed by atoms with Gasteiger partial charge in [-0.15, -0.1) is 0 Å². The van der Waals surface area contributed by atoms with Crippen molar-refractivity contribution in [3.63, 3.8) is 0 Å². The molecule has 11 heteroatoms. The number of halogens is 1. The third-order valence-corrected chi connectivity index (χ3v) is 9.22. The zero-order valence-electron chi connectivity index (χ0n) is 23.3. The molecule has 4 amide bonds. The first-order valence-corrected chi connectivity index (χ1v) is 14.4. The SMILES string of the molecule is COc1ccc(Cl)c2[nH]c(C(=O)N3CC4(CCCCC4)C[C@H]3C(=O)N[C@@H](C[C@@H]3CC(C)(C)NC3=O)C(N)=O)cc12. The molecule has 3 heterocycles. The van der Waals surface area contributed by atoms with E-state index in [1.54, 1.807) is 30.2 Å². The number of aromatic nitrogens is 1. The van der Waals surface area contributed by atoms with Crippen LogP contribution < -0.4 is 21.1 Å². The first-order valence-electron chi connectivity index (χ1n) is 14.0. The second-order valence-electron chi connectivity index (χ2n) is 12.4. The Morgan fingerprint density at radius 2 is 1.93 bits per heavy atom. The number of nitrogens with one attached hydrogen (secondary N) is 3. The molecular formula is C29H38ClN5O5. The van der Waals surface area contributed by atoms with E-state index in [2.05, 4.69) is 15.6 Å². The average Bonchev–Trinajstić information content (AvgIpc) is 3.58. The average molecular weight is 572 g/mol. The highest BCUT2D eigenvalue weighted by Gasteiger charge is 2.50. The predicted octanol–water partition coefficient (Wildman–Crippen LogP) is 3.27. The fourth-order valence-corrected chi connectivity index (χ4v) is 7.17. The van der Waals surface area contributed by atoms with E-state index in [-0.39, 0.29) is 29.2 Å². The Bertz CT molecular complexity index is 1350. The van der Waals surface area contributed by atoms with Gasteiger partial charge in [-0.1, -0.05) is 30.9 Å². The molecule has 216 valence electrons. The number of hydrogen-bond donors (Lipinski definition) is 4. The maximum atomic E-state index is 14.0. The standard InChI is InChI=1S/C29H38ClN5O5/c1-28(2)13-16(25(37)34-28)11-19(24(31)36)33-26(38)21-14-29(9-5-4-6-10-29)15-35(21)27(39)20-12-17-22(40-3)8-7-18(30)23(17)32-20/h7-8,12,16,19,21,32H,4-6,9-11,13-15H2,1-3H3,(H2,31,36)(H,33,38)(H,34,37)/t16-,19+,21+/m1/s1. The number of primary amides is 1. The van der Waals surface area contributed by atoms with Crippen LogP contribution in [0.4, 0.5) is 0 Å². The van der Waals surface area contributed by atoms with Gasteiger partial charge in [-0.25, -0.2) is 0 Å². The molecule has 2 aliphatic heterocycles. The summed E-state index contributed by atoms with van der Waals surface area (Å²) in [5, 5.41) is 6.86. The van der Waals surface area contributed by atoms with Gasteiger partial charge in [-0.2, -0.15) is 0 Å². The first-order chi connectivity index (χ1) is 18.9. The molecule has 1 spiro atoms. The quantitative estimate of drug-likeness (QED) is 0.403. The maximum Gasteiger partial charge on any atom is 0.271 e. The molecule has 0 bridgehead atoms. The number of amides is 4. The Kier molecular flexibility index (Phi) is 7.50. The number of benzene rings is 1. The fraction of sp³-hybridized carbons (Fsp3) is 0.586. The molecule has 0 radical (unpaired) electrons. The van der Waals surface area contributed by atoms with Gasteiger partial charge in [0.25, 0.3) is 5.91 Å². The number of aromatic amines is 1. The summed E-state index contributed by atoms with van der Waals surface area (Å²) >= 11 is 6.40. The van der Waals surface area contributed by atoms with Crippen LogP contribution in [-0.2, 0) is 14.4 Å². The van der Waals surface area contributed by atoms with Gasteiger partial charge in [0, 0.05) is 23.4 Å². The van der Waals surface area contributed by atoms with Crippen LogP contribution >= 0.6 is 11.6 Å². The number of nitrogens with two attached hydrogens (primary N) is 1. The molecule has 1 aromatic heterocycles. The van der Waals surface area contributed by atoms with Crippen molar-refractivity contribution in [1.29, 1.82) is 0 Å². The zero-order chi connectivity index (χ0) is 28.8. The molecular weight excluding hydrogens is 534 g/mol. The van der Waals surface area contributed by atoms with E-state index in [0.717, 1.165) is 32.1 Å². The molecule has 10 nitrogen and oxygen atoms in total. The normalized spacial score (nSPS) is 24.2. The highest BCUT2D eigenvalue weighted by Crippen LogP contribution is 2.47.